The number of rotatable bonds is 6. The van der Waals surface area contributed by atoms with E-state index in [4.69, 9.17) is 5.11 Å². The van der Waals surface area contributed by atoms with Crippen LogP contribution >= 0.6 is 22.6 Å². The third-order valence-corrected chi connectivity index (χ3v) is 3.40. The molecule has 1 nitrogen and oxygen atoms in total. The molecule has 0 bridgehead atoms. The predicted octanol–water partition coefficient (Wildman–Crippen LogP) is 5.33. The van der Waals surface area contributed by atoms with Crippen LogP contribution in [0.3, 0.4) is 0 Å². The highest BCUT2D eigenvalue weighted by molar-refractivity contribution is 14.1. The number of alkyl halides is 13. The second kappa shape index (κ2) is 6.56. The van der Waals surface area contributed by atoms with E-state index in [1.54, 1.807) is 0 Å². The number of allylic oxidation sites excluding steroid dienone is 1. The molecule has 16 heteroatoms. The van der Waals surface area contributed by atoms with E-state index in [0.29, 0.717) is 22.6 Å². The number of hydrogen-bond acceptors (Lipinski definition) is 1. The number of hydrogen-bond donors (Lipinski definition) is 1. The van der Waals surface area contributed by atoms with Gasteiger partial charge in [-0.15, -0.1) is 0 Å². The lowest BCUT2D eigenvalue weighted by molar-refractivity contribution is -0.437. The van der Waals surface area contributed by atoms with E-state index in [1.165, 1.54) is 0 Å². The molecular formula is C9H3F14IO. The maximum Gasteiger partial charge on any atom is 0.460 e. The summed E-state index contributed by atoms with van der Waals surface area (Å²) in [6, 6.07) is 0. The molecule has 0 aliphatic heterocycles. The first-order valence-electron chi connectivity index (χ1n) is 5.25. The molecule has 0 aromatic heterocycles. The van der Waals surface area contributed by atoms with Crippen molar-refractivity contribution in [1.82, 2.24) is 0 Å². The molecule has 0 aliphatic carbocycles. The SMILES string of the molecule is OC/C(I)=C(\F)C(F)(F)C(F)(F)C(F)(F)C(F)(F)C(F)(F)C(F)(F)F. The zero-order valence-corrected chi connectivity index (χ0v) is 13.0. The zero-order valence-electron chi connectivity index (χ0n) is 10.8. The van der Waals surface area contributed by atoms with Crippen LogP contribution < -0.4 is 0 Å². The van der Waals surface area contributed by atoms with Gasteiger partial charge in [0.05, 0.1) is 10.2 Å². The molecule has 0 atom stereocenters. The molecule has 0 fully saturated rings. The highest BCUT2D eigenvalue weighted by Gasteiger charge is 2.91. The maximum atomic E-state index is 13.1. The summed E-state index contributed by atoms with van der Waals surface area (Å²) in [6.07, 6.45) is -7.53. The summed E-state index contributed by atoms with van der Waals surface area (Å²) in [7, 11) is 0. The highest BCUT2D eigenvalue weighted by atomic mass is 127. The van der Waals surface area contributed by atoms with Crippen LogP contribution in [0.1, 0.15) is 0 Å². The van der Waals surface area contributed by atoms with Crippen molar-refractivity contribution in [2.45, 2.75) is 35.8 Å². The monoisotopic (exact) mass is 520 g/mol. The van der Waals surface area contributed by atoms with Crippen LogP contribution in [-0.2, 0) is 0 Å². The third-order valence-electron chi connectivity index (χ3n) is 2.59. The van der Waals surface area contributed by atoms with Crippen molar-refractivity contribution >= 4 is 22.6 Å². The van der Waals surface area contributed by atoms with E-state index >= 15 is 0 Å². The summed E-state index contributed by atoms with van der Waals surface area (Å²) in [5.41, 5.74) is 0. The minimum absolute atomic E-state index is 0.356. The average molecular weight is 520 g/mol. The van der Waals surface area contributed by atoms with Gasteiger partial charge in [-0.1, -0.05) is 0 Å². The standard InChI is InChI=1S/C9H3F14IO/c10-3(2(24)1-25)4(11,12)5(13,14)6(15,16)7(17,18)8(19,20)9(21,22)23/h25H,1H2/b3-2+. The lowest BCUT2D eigenvalue weighted by Crippen LogP contribution is -2.70. The lowest BCUT2D eigenvalue weighted by Gasteiger charge is -2.39. The lowest BCUT2D eigenvalue weighted by atomic mass is 9.93. The van der Waals surface area contributed by atoms with Gasteiger partial charge in [-0.3, -0.25) is 0 Å². The van der Waals surface area contributed by atoms with Gasteiger partial charge in [0.25, 0.3) is 0 Å². The second-order valence-corrected chi connectivity index (χ2v) is 5.55. The molecule has 150 valence electrons. The summed E-state index contributed by atoms with van der Waals surface area (Å²) in [6.45, 7) is -1.82. The Kier molecular flexibility index (Phi) is 6.41. The fourth-order valence-corrected chi connectivity index (χ4v) is 1.49. The van der Waals surface area contributed by atoms with Gasteiger partial charge in [-0.2, -0.15) is 57.1 Å². The van der Waals surface area contributed by atoms with Crippen molar-refractivity contribution in [1.29, 1.82) is 0 Å². The van der Waals surface area contributed by atoms with Crippen LogP contribution in [0.2, 0.25) is 0 Å². The van der Waals surface area contributed by atoms with Crippen molar-refractivity contribution < 1.29 is 66.6 Å². The predicted molar refractivity (Wildman–Crippen MR) is 60.0 cm³/mol. The Hall–Kier alpha value is -0.550. The Morgan fingerprint density at radius 3 is 1.24 bits per heavy atom. The molecule has 0 heterocycles. The first-order chi connectivity index (χ1) is 10.6. The van der Waals surface area contributed by atoms with Crippen molar-refractivity contribution in [3.05, 3.63) is 9.41 Å². The Balaban J connectivity index is 6.50. The van der Waals surface area contributed by atoms with Crippen LogP contribution in [0.4, 0.5) is 61.5 Å². The Morgan fingerprint density at radius 1 is 0.640 bits per heavy atom. The molecule has 0 unspecified atom stereocenters. The molecule has 0 saturated carbocycles. The highest BCUT2D eigenvalue weighted by Crippen LogP contribution is 2.61. The summed E-state index contributed by atoms with van der Waals surface area (Å²) in [4.78, 5) is 0. The number of aliphatic hydroxyl groups excluding tert-OH is 1. The van der Waals surface area contributed by atoms with Gasteiger partial charge >= 0.3 is 35.8 Å². The first-order valence-corrected chi connectivity index (χ1v) is 6.33. The third kappa shape index (κ3) is 3.39. The van der Waals surface area contributed by atoms with Crippen molar-refractivity contribution in [2.24, 2.45) is 0 Å². The minimum Gasteiger partial charge on any atom is -0.391 e. The topological polar surface area (TPSA) is 20.2 Å². The van der Waals surface area contributed by atoms with Crippen LogP contribution in [0, 0.1) is 0 Å². The minimum atomic E-state index is -8.09. The van der Waals surface area contributed by atoms with E-state index in [1.807, 2.05) is 0 Å². The zero-order chi connectivity index (χ0) is 20.9. The second-order valence-electron chi connectivity index (χ2n) is 4.25. The van der Waals surface area contributed by atoms with Crippen LogP contribution in [-0.4, -0.2) is 47.5 Å². The molecule has 0 saturated heterocycles. The molecule has 0 aromatic rings. The van der Waals surface area contributed by atoms with Crippen molar-refractivity contribution in [2.75, 3.05) is 6.61 Å². The van der Waals surface area contributed by atoms with E-state index in [0.717, 1.165) is 0 Å². The van der Waals surface area contributed by atoms with Gasteiger partial charge in [0, 0.05) is 0 Å². The van der Waals surface area contributed by atoms with E-state index < -0.39 is 51.8 Å². The molecule has 25 heavy (non-hydrogen) atoms. The van der Waals surface area contributed by atoms with Gasteiger partial charge in [0.1, 0.15) is 0 Å². The fraction of sp³-hybridized carbons (Fsp3) is 0.778. The molecule has 0 aliphatic rings. The molecule has 0 aromatic carbocycles. The summed E-state index contributed by atoms with van der Waals surface area (Å²) < 4.78 is 176. The number of aliphatic hydroxyl groups is 1. The largest absolute Gasteiger partial charge is 0.460 e. The van der Waals surface area contributed by atoms with Gasteiger partial charge in [-0.25, -0.2) is 4.39 Å². The van der Waals surface area contributed by atoms with Crippen LogP contribution in [0.15, 0.2) is 9.41 Å². The molecule has 0 spiro atoms. The summed E-state index contributed by atoms with van der Waals surface area (Å²) in [5.74, 6) is -42.3. The first kappa shape index (κ1) is 24.5. The van der Waals surface area contributed by atoms with Crippen molar-refractivity contribution in [3.63, 3.8) is 0 Å². The van der Waals surface area contributed by atoms with Crippen LogP contribution in [0.25, 0.3) is 0 Å². The summed E-state index contributed by atoms with van der Waals surface area (Å²) in [5, 5.41) is 8.24. The molecule has 0 rings (SSSR count). The molecular weight excluding hydrogens is 517 g/mol. The summed E-state index contributed by atoms with van der Waals surface area (Å²) >= 11 is 0.356. The van der Waals surface area contributed by atoms with Gasteiger partial charge in [0.15, 0.2) is 5.83 Å². The average Bonchev–Trinajstić information content (AvgIpc) is 2.43. The van der Waals surface area contributed by atoms with Crippen molar-refractivity contribution in [3.8, 4) is 0 Å². The Bertz CT molecular complexity index is 533. The van der Waals surface area contributed by atoms with E-state index in [-0.39, 0.29) is 0 Å². The van der Waals surface area contributed by atoms with E-state index in [9.17, 15) is 61.5 Å². The van der Waals surface area contributed by atoms with Gasteiger partial charge in [0.2, 0.25) is 0 Å². The molecule has 0 amide bonds. The molecule has 1 N–H and O–H groups in total. The fourth-order valence-electron chi connectivity index (χ4n) is 1.15. The Labute approximate surface area is 141 Å². The quantitative estimate of drug-likeness (QED) is 0.371. The number of halogens is 15. The maximum absolute atomic E-state index is 13.1. The molecule has 0 radical (unpaired) electrons. The normalized spacial score (nSPS) is 16.8. The van der Waals surface area contributed by atoms with E-state index in [2.05, 4.69) is 0 Å². The van der Waals surface area contributed by atoms with Gasteiger partial charge < -0.3 is 5.11 Å². The smallest absolute Gasteiger partial charge is 0.391 e. The Morgan fingerprint density at radius 2 is 0.960 bits per heavy atom. The van der Waals surface area contributed by atoms with Gasteiger partial charge in [-0.05, 0) is 22.6 Å². The van der Waals surface area contributed by atoms with Crippen LogP contribution in [0.5, 0.6) is 0 Å².